The lowest BCUT2D eigenvalue weighted by molar-refractivity contribution is -0.113. The van der Waals surface area contributed by atoms with Crippen molar-refractivity contribution in [2.75, 3.05) is 18.2 Å². The Morgan fingerprint density at radius 1 is 1.35 bits per heavy atom. The average molecular weight is 348 g/mol. The molecule has 0 saturated carbocycles. The van der Waals surface area contributed by atoms with Crippen molar-refractivity contribution in [2.24, 2.45) is 0 Å². The first-order chi connectivity index (χ1) is 11.1. The van der Waals surface area contributed by atoms with Crippen molar-refractivity contribution < 1.29 is 13.9 Å². The highest BCUT2D eigenvalue weighted by molar-refractivity contribution is 8.00. The standard InChI is InChI=1S/C16H13FN2O2S2/c1-21-11-3-2-4-12(8-11)22-9-15(20)19-16-18-13-6-5-10(17)7-14(13)23-16/h2-8H,9H2,1H3,(H,18,19,20). The van der Waals surface area contributed by atoms with Crippen LogP contribution in [-0.2, 0) is 4.79 Å². The summed E-state index contributed by atoms with van der Waals surface area (Å²) in [5, 5.41) is 3.22. The van der Waals surface area contributed by atoms with Gasteiger partial charge in [0.2, 0.25) is 5.91 Å². The zero-order chi connectivity index (χ0) is 16.2. The fraction of sp³-hybridized carbons (Fsp3) is 0.125. The molecule has 23 heavy (non-hydrogen) atoms. The number of ether oxygens (including phenoxy) is 1. The lowest BCUT2D eigenvalue weighted by atomic mass is 10.3. The molecule has 2 aromatic carbocycles. The van der Waals surface area contributed by atoms with E-state index in [-0.39, 0.29) is 17.5 Å². The van der Waals surface area contributed by atoms with Gasteiger partial charge in [-0.1, -0.05) is 17.4 Å². The van der Waals surface area contributed by atoms with E-state index in [2.05, 4.69) is 10.3 Å². The number of thiazole rings is 1. The summed E-state index contributed by atoms with van der Waals surface area (Å²) in [6, 6.07) is 11.9. The van der Waals surface area contributed by atoms with Gasteiger partial charge in [-0.3, -0.25) is 4.79 Å². The van der Waals surface area contributed by atoms with Gasteiger partial charge in [0.1, 0.15) is 11.6 Å². The molecule has 1 aromatic heterocycles. The molecule has 0 fully saturated rings. The van der Waals surface area contributed by atoms with E-state index in [9.17, 15) is 9.18 Å². The molecule has 7 heteroatoms. The number of thioether (sulfide) groups is 1. The number of amides is 1. The molecule has 0 saturated heterocycles. The van der Waals surface area contributed by atoms with Gasteiger partial charge < -0.3 is 10.1 Å². The highest BCUT2D eigenvalue weighted by Crippen LogP contribution is 2.27. The molecule has 1 heterocycles. The molecule has 0 radical (unpaired) electrons. The predicted molar refractivity (Wildman–Crippen MR) is 91.9 cm³/mol. The Morgan fingerprint density at radius 3 is 3.04 bits per heavy atom. The highest BCUT2D eigenvalue weighted by atomic mass is 32.2. The number of carbonyl (C=O) groups excluding carboxylic acids is 1. The first-order valence-corrected chi connectivity index (χ1v) is 8.57. The number of methoxy groups -OCH3 is 1. The third-order valence-corrected chi connectivity index (χ3v) is 4.94. The molecule has 0 bridgehead atoms. The van der Waals surface area contributed by atoms with Gasteiger partial charge in [0.05, 0.1) is 23.1 Å². The van der Waals surface area contributed by atoms with Crippen LogP contribution in [0.4, 0.5) is 9.52 Å². The summed E-state index contributed by atoms with van der Waals surface area (Å²) >= 11 is 2.67. The molecule has 1 amide bonds. The largest absolute Gasteiger partial charge is 0.497 e. The zero-order valence-electron chi connectivity index (χ0n) is 12.2. The van der Waals surface area contributed by atoms with Crippen LogP contribution in [0.25, 0.3) is 10.2 Å². The second-order valence-corrected chi connectivity index (χ2v) is 6.73. The number of nitrogens with one attached hydrogen (secondary N) is 1. The molecule has 0 unspecified atom stereocenters. The van der Waals surface area contributed by atoms with Crippen LogP contribution in [0.3, 0.4) is 0 Å². The van der Waals surface area contributed by atoms with E-state index in [1.54, 1.807) is 13.2 Å². The normalized spacial score (nSPS) is 10.7. The van der Waals surface area contributed by atoms with E-state index < -0.39 is 0 Å². The third-order valence-electron chi connectivity index (χ3n) is 3.01. The van der Waals surface area contributed by atoms with Gasteiger partial charge >= 0.3 is 0 Å². The van der Waals surface area contributed by atoms with Gasteiger partial charge in [0.25, 0.3) is 0 Å². The molecule has 4 nitrogen and oxygen atoms in total. The Morgan fingerprint density at radius 2 is 2.22 bits per heavy atom. The van der Waals surface area contributed by atoms with Crippen molar-refractivity contribution in [1.29, 1.82) is 0 Å². The Hall–Kier alpha value is -2.12. The molecule has 1 N–H and O–H groups in total. The van der Waals surface area contributed by atoms with E-state index in [1.807, 2.05) is 24.3 Å². The maximum atomic E-state index is 13.2. The number of carbonyl (C=O) groups is 1. The van der Waals surface area contributed by atoms with Gasteiger partial charge in [0.15, 0.2) is 5.13 Å². The minimum absolute atomic E-state index is 0.155. The lowest BCUT2D eigenvalue weighted by Gasteiger charge is -2.04. The molecule has 0 atom stereocenters. The fourth-order valence-electron chi connectivity index (χ4n) is 1.95. The Balaban J connectivity index is 1.61. The summed E-state index contributed by atoms with van der Waals surface area (Å²) < 4.78 is 19.0. The van der Waals surface area contributed by atoms with Crippen molar-refractivity contribution in [3.8, 4) is 5.75 Å². The number of anilines is 1. The number of halogens is 1. The maximum Gasteiger partial charge on any atom is 0.236 e. The molecule has 118 valence electrons. The predicted octanol–water partition coefficient (Wildman–Crippen LogP) is 4.17. The first kappa shape index (κ1) is 15.8. The van der Waals surface area contributed by atoms with Crippen LogP contribution < -0.4 is 10.1 Å². The van der Waals surface area contributed by atoms with E-state index >= 15 is 0 Å². The number of nitrogens with zero attached hydrogens (tertiary/aromatic N) is 1. The summed E-state index contributed by atoms with van der Waals surface area (Å²) in [4.78, 5) is 17.2. The summed E-state index contributed by atoms with van der Waals surface area (Å²) in [5.41, 5.74) is 0.673. The number of rotatable bonds is 5. The van der Waals surface area contributed by atoms with E-state index in [0.29, 0.717) is 15.3 Å². The summed E-state index contributed by atoms with van der Waals surface area (Å²) in [6.45, 7) is 0. The van der Waals surface area contributed by atoms with E-state index in [1.165, 1.54) is 35.2 Å². The zero-order valence-corrected chi connectivity index (χ0v) is 13.8. The van der Waals surface area contributed by atoms with Gasteiger partial charge in [-0.25, -0.2) is 9.37 Å². The lowest BCUT2D eigenvalue weighted by Crippen LogP contribution is -2.13. The Kier molecular flexibility index (Phi) is 4.78. The van der Waals surface area contributed by atoms with Crippen LogP contribution in [0.15, 0.2) is 47.4 Å². The smallest absolute Gasteiger partial charge is 0.236 e. The molecule has 0 spiro atoms. The molecular weight excluding hydrogens is 335 g/mol. The van der Waals surface area contributed by atoms with Crippen LogP contribution in [-0.4, -0.2) is 23.8 Å². The summed E-state index contributed by atoms with van der Waals surface area (Å²) in [6.07, 6.45) is 0. The average Bonchev–Trinajstić information content (AvgIpc) is 2.94. The van der Waals surface area contributed by atoms with Crippen LogP contribution >= 0.6 is 23.1 Å². The van der Waals surface area contributed by atoms with Crippen LogP contribution in [0, 0.1) is 5.82 Å². The highest BCUT2D eigenvalue weighted by Gasteiger charge is 2.09. The SMILES string of the molecule is COc1cccc(SCC(=O)Nc2nc3ccc(F)cc3s2)c1. The number of aromatic nitrogens is 1. The van der Waals surface area contributed by atoms with E-state index in [0.717, 1.165) is 10.6 Å². The number of hydrogen-bond donors (Lipinski definition) is 1. The molecular formula is C16H13FN2O2S2. The molecule has 0 aliphatic heterocycles. The quantitative estimate of drug-likeness (QED) is 0.703. The van der Waals surface area contributed by atoms with Crippen molar-refractivity contribution in [2.45, 2.75) is 4.90 Å². The number of hydrogen-bond acceptors (Lipinski definition) is 5. The van der Waals surface area contributed by atoms with Crippen molar-refractivity contribution in [3.05, 3.63) is 48.3 Å². The molecule has 3 aromatic rings. The second kappa shape index (κ2) is 6.97. The summed E-state index contributed by atoms with van der Waals surface area (Å²) in [7, 11) is 1.60. The minimum Gasteiger partial charge on any atom is -0.497 e. The van der Waals surface area contributed by atoms with E-state index in [4.69, 9.17) is 4.74 Å². The molecule has 3 rings (SSSR count). The monoisotopic (exact) mass is 348 g/mol. The first-order valence-electron chi connectivity index (χ1n) is 6.77. The molecule has 0 aliphatic rings. The summed E-state index contributed by atoms with van der Waals surface area (Å²) in [5.74, 6) is 0.547. The topological polar surface area (TPSA) is 51.2 Å². The molecule has 0 aliphatic carbocycles. The minimum atomic E-state index is -0.312. The van der Waals surface area contributed by atoms with Gasteiger partial charge in [-0.05, 0) is 36.4 Å². The van der Waals surface area contributed by atoms with Crippen molar-refractivity contribution in [3.63, 3.8) is 0 Å². The van der Waals surface area contributed by atoms with Crippen molar-refractivity contribution in [1.82, 2.24) is 4.98 Å². The van der Waals surface area contributed by atoms with Crippen LogP contribution in [0.2, 0.25) is 0 Å². The van der Waals surface area contributed by atoms with Crippen LogP contribution in [0.5, 0.6) is 5.75 Å². The van der Waals surface area contributed by atoms with Crippen molar-refractivity contribution >= 4 is 44.4 Å². The maximum absolute atomic E-state index is 13.2. The Bertz CT molecular complexity index is 851. The number of fused-ring (bicyclic) bond motifs is 1. The number of benzene rings is 2. The second-order valence-electron chi connectivity index (χ2n) is 4.65. The third kappa shape index (κ3) is 4.00. The Labute approximate surface area is 140 Å². The van der Waals surface area contributed by atoms with Gasteiger partial charge in [-0.2, -0.15) is 0 Å². The van der Waals surface area contributed by atoms with Crippen LogP contribution in [0.1, 0.15) is 0 Å². The van der Waals surface area contributed by atoms with Gasteiger partial charge in [0, 0.05) is 4.90 Å². The van der Waals surface area contributed by atoms with Gasteiger partial charge in [-0.15, -0.1) is 11.8 Å². The fourth-order valence-corrected chi connectivity index (χ4v) is 3.60.